The number of carbonyl (C=O) groups is 1. The first-order valence-corrected chi connectivity index (χ1v) is 5.19. The van der Waals surface area contributed by atoms with E-state index < -0.39 is 5.97 Å². The van der Waals surface area contributed by atoms with Gasteiger partial charge in [0.05, 0.1) is 5.69 Å². The maximum absolute atomic E-state index is 10.9. The van der Waals surface area contributed by atoms with Crippen molar-refractivity contribution in [2.24, 2.45) is 0 Å². The van der Waals surface area contributed by atoms with Crippen LogP contribution in [0.3, 0.4) is 0 Å². The quantitative estimate of drug-likeness (QED) is 0.834. The zero-order valence-electron chi connectivity index (χ0n) is 7.68. The Hall–Kier alpha value is -1.88. The molecule has 4 nitrogen and oxygen atoms in total. The standard InChI is InChI=1S/C10H8N2O2S/c13-10(14)8-2-1-4-11-9(8)12-7-3-5-15-6-7/h1-6H,(H,11,12)(H,13,14). The molecule has 0 aliphatic rings. The molecule has 0 amide bonds. The van der Waals surface area contributed by atoms with Gasteiger partial charge in [-0.15, -0.1) is 0 Å². The van der Waals surface area contributed by atoms with E-state index >= 15 is 0 Å². The Morgan fingerprint density at radius 1 is 1.47 bits per heavy atom. The van der Waals surface area contributed by atoms with E-state index in [-0.39, 0.29) is 5.56 Å². The van der Waals surface area contributed by atoms with Crippen molar-refractivity contribution < 1.29 is 9.90 Å². The van der Waals surface area contributed by atoms with Crippen molar-refractivity contribution in [3.63, 3.8) is 0 Å². The van der Waals surface area contributed by atoms with E-state index in [1.165, 1.54) is 17.4 Å². The number of carboxylic acids is 1. The van der Waals surface area contributed by atoms with Crippen molar-refractivity contribution in [2.45, 2.75) is 0 Å². The van der Waals surface area contributed by atoms with E-state index in [4.69, 9.17) is 5.11 Å². The number of thiophene rings is 1. The van der Waals surface area contributed by atoms with Crippen LogP contribution in [0.5, 0.6) is 0 Å². The molecule has 0 aromatic carbocycles. The molecule has 0 aliphatic heterocycles. The maximum atomic E-state index is 10.9. The third-order valence-electron chi connectivity index (χ3n) is 1.82. The second-order valence-electron chi connectivity index (χ2n) is 2.84. The number of nitrogens with zero attached hydrogens (tertiary/aromatic N) is 1. The first kappa shape index (κ1) is 9.67. The summed E-state index contributed by atoms with van der Waals surface area (Å²) >= 11 is 1.54. The fourth-order valence-electron chi connectivity index (χ4n) is 1.15. The number of pyridine rings is 1. The van der Waals surface area contributed by atoms with Gasteiger partial charge in [0.2, 0.25) is 0 Å². The monoisotopic (exact) mass is 220 g/mol. The second-order valence-corrected chi connectivity index (χ2v) is 3.62. The van der Waals surface area contributed by atoms with E-state index in [9.17, 15) is 4.79 Å². The van der Waals surface area contributed by atoms with Gasteiger partial charge in [-0.25, -0.2) is 9.78 Å². The van der Waals surface area contributed by atoms with Crippen LogP contribution in [-0.4, -0.2) is 16.1 Å². The van der Waals surface area contributed by atoms with Crippen LogP contribution < -0.4 is 5.32 Å². The van der Waals surface area contributed by atoms with Gasteiger partial charge in [-0.05, 0) is 23.6 Å². The third kappa shape index (κ3) is 2.13. The highest BCUT2D eigenvalue weighted by Crippen LogP contribution is 2.20. The molecule has 76 valence electrons. The lowest BCUT2D eigenvalue weighted by Gasteiger charge is -2.05. The predicted octanol–water partition coefficient (Wildman–Crippen LogP) is 2.58. The molecule has 5 heteroatoms. The summed E-state index contributed by atoms with van der Waals surface area (Å²) < 4.78 is 0. The van der Waals surface area contributed by atoms with E-state index in [0.29, 0.717) is 5.82 Å². The minimum atomic E-state index is -0.985. The number of nitrogens with one attached hydrogen (secondary N) is 1. The molecule has 0 aliphatic carbocycles. The van der Waals surface area contributed by atoms with Crippen molar-refractivity contribution in [3.8, 4) is 0 Å². The highest BCUT2D eigenvalue weighted by atomic mass is 32.1. The van der Waals surface area contributed by atoms with Crippen molar-refractivity contribution in [1.29, 1.82) is 0 Å². The molecule has 2 aromatic rings. The zero-order valence-corrected chi connectivity index (χ0v) is 8.49. The van der Waals surface area contributed by atoms with Gasteiger partial charge in [0.15, 0.2) is 0 Å². The normalized spacial score (nSPS) is 9.87. The first-order chi connectivity index (χ1) is 7.27. The summed E-state index contributed by atoms with van der Waals surface area (Å²) in [5.41, 5.74) is 1.02. The van der Waals surface area contributed by atoms with Gasteiger partial charge in [0, 0.05) is 11.6 Å². The fraction of sp³-hybridized carbons (Fsp3) is 0. The third-order valence-corrected chi connectivity index (χ3v) is 2.51. The summed E-state index contributed by atoms with van der Waals surface area (Å²) in [7, 11) is 0. The lowest BCUT2D eigenvalue weighted by Crippen LogP contribution is -2.03. The Bertz CT molecular complexity index is 468. The number of hydrogen-bond donors (Lipinski definition) is 2. The SMILES string of the molecule is O=C(O)c1cccnc1Nc1ccsc1. The summed E-state index contributed by atoms with van der Waals surface area (Å²) in [5.74, 6) is -0.621. The van der Waals surface area contributed by atoms with Gasteiger partial charge in [-0.3, -0.25) is 0 Å². The number of rotatable bonds is 3. The van der Waals surface area contributed by atoms with Gasteiger partial charge in [0.25, 0.3) is 0 Å². The minimum absolute atomic E-state index is 0.170. The van der Waals surface area contributed by atoms with Crippen molar-refractivity contribution in [2.75, 3.05) is 5.32 Å². The molecule has 0 unspecified atom stereocenters. The van der Waals surface area contributed by atoms with Crippen molar-refractivity contribution in [3.05, 3.63) is 40.7 Å². The summed E-state index contributed by atoms with van der Waals surface area (Å²) in [6, 6.07) is 4.98. The van der Waals surface area contributed by atoms with Crippen LogP contribution >= 0.6 is 11.3 Å². The molecule has 0 spiro atoms. The number of aromatic carboxylic acids is 1. The van der Waals surface area contributed by atoms with Gasteiger partial charge >= 0.3 is 5.97 Å². The molecular formula is C10H8N2O2S. The molecular weight excluding hydrogens is 212 g/mol. The molecule has 2 aromatic heterocycles. The Kier molecular flexibility index (Phi) is 2.64. The summed E-state index contributed by atoms with van der Waals surface area (Å²) in [4.78, 5) is 14.9. The first-order valence-electron chi connectivity index (χ1n) is 4.25. The topological polar surface area (TPSA) is 62.2 Å². The Morgan fingerprint density at radius 2 is 2.33 bits per heavy atom. The van der Waals surface area contributed by atoms with E-state index in [1.807, 2.05) is 16.8 Å². The highest BCUT2D eigenvalue weighted by molar-refractivity contribution is 7.08. The van der Waals surface area contributed by atoms with Gasteiger partial charge in [-0.2, -0.15) is 11.3 Å². The van der Waals surface area contributed by atoms with Crippen LogP contribution in [0.4, 0.5) is 11.5 Å². The molecule has 0 atom stereocenters. The molecule has 2 N–H and O–H groups in total. The molecule has 2 heterocycles. The van der Waals surface area contributed by atoms with Crippen LogP contribution in [0.2, 0.25) is 0 Å². The molecule has 0 saturated carbocycles. The van der Waals surface area contributed by atoms with Crippen LogP contribution in [-0.2, 0) is 0 Å². The summed E-state index contributed by atoms with van der Waals surface area (Å²) in [6.07, 6.45) is 1.56. The molecule has 15 heavy (non-hydrogen) atoms. The number of aromatic nitrogens is 1. The zero-order chi connectivity index (χ0) is 10.7. The Morgan fingerprint density at radius 3 is 3.00 bits per heavy atom. The average molecular weight is 220 g/mol. The van der Waals surface area contributed by atoms with Crippen molar-refractivity contribution in [1.82, 2.24) is 4.98 Å². The minimum Gasteiger partial charge on any atom is -0.478 e. The number of hydrogen-bond acceptors (Lipinski definition) is 4. The molecule has 0 radical (unpaired) electrons. The highest BCUT2D eigenvalue weighted by Gasteiger charge is 2.10. The smallest absolute Gasteiger partial charge is 0.339 e. The molecule has 2 rings (SSSR count). The molecule has 0 bridgehead atoms. The average Bonchev–Trinajstić information content (AvgIpc) is 2.71. The van der Waals surface area contributed by atoms with Crippen LogP contribution in [0.15, 0.2) is 35.2 Å². The van der Waals surface area contributed by atoms with E-state index in [2.05, 4.69) is 10.3 Å². The summed E-state index contributed by atoms with van der Waals surface area (Å²) in [5, 5.41) is 15.7. The van der Waals surface area contributed by atoms with Crippen molar-refractivity contribution >= 4 is 28.8 Å². The number of anilines is 2. The largest absolute Gasteiger partial charge is 0.478 e. The van der Waals surface area contributed by atoms with Gasteiger partial charge < -0.3 is 10.4 Å². The number of carboxylic acid groups (broad SMARTS) is 1. The summed E-state index contributed by atoms with van der Waals surface area (Å²) in [6.45, 7) is 0. The van der Waals surface area contributed by atoms with Gasteiger partial charge in [0.1, 0.15) is 11.4 Å². The Balaban J connectivity index is 2.32. The van der Waals surface area contributed by atoms with E-state index in [0.717, 1.165) is 5.69 Å². The second kappa shape index (κ2) is 4.10. The molecule has 0 saturated heterocycles. The maximum Gasteiger partial charge on any atom is 0.339 e. The van der Waals surface area contributed by atoms with Crippen LogP contribution in [0.1, 0.15) is 10.4 Å². The lowest BCUT2D eigenvalue weighted by molar-refractivity contribution is 0.0697. The molecule has 0 fully saturated rings. The van der Waals surface area contributed by atoms with Crippen LogP contribution in [0, 0.1) is 0 Å². The van der Waals surface area contributed by atoms with Gasteiger partial charge in [-0.1, -0.05) is 0 Å². The fourth-order valence-corrected chi connectivity index (χ4v) is 1.74. The lowest BCUT2D eigenvalue weighted by atomic mass is 10.2. The van der Waals surface area contributed by atoms with E-state index in [1.54, 1.807) is 12.3 Å². The predicted molar refractivity (Wildman–Crippen MR) is 58.8 cm³/mol. The Labute approximate surface area is 90.2 Å². The van der Waals surface area contributed by atoms with Crippen LogP contribution in [0.25, 0.3) is 0 Å².